The van der Waals surface area contributed by atoms with E-state index < -0.39 is 0 Å². The lowest BCUT2D eigenvalue weighted by atomic mass is 10.2. The number of hydrogen-bond donors (Lipinski definition) is 1. The molecule has 102 valence electrons. The number of nitrogens with two attached hydrogens (primary N) is 1. The highest BCUT2D eigenvalue weighted by Crippen LogP contribution is 2.23. The quantitative estimate of drug-likeness (QED) is 0.904. The maximum Gasteiger partial charge on any atom is 0.120 e. The van der Waals surface area contributed by atoms with E-state index >= 15 is 0 Å². The predicted octanol–water partition coefficient (Wildman–Crippen LogP) is 3.40. The molecule has 0 aliphatic heterocycles. The first kappa shape index (κ1) is 14.4. The molecule has 0 saturated heterocycles. The summed E-state index contributed by atoms with van der Waals surface area (Å²) in [5.74, 6) is 0.710. The molecule has 1 atom stereocenters. The molecule has 0 amide bonds. The van der Waals surface area contributed by atoms with Gasteiger partial charge in [0.15, 0.2) is 0 Å². The zero-order chi connectivity index (χ0) is 13.8. The maximum atomic E-state index is 6.15. The smallest absolute Gasteiger partial charge is 0.120 e. The number of ether oxygens (including phenoxy) is 1. The van der Waals surface area contributed by atoms with Crippen LogP contribution in [-0.4, -0.2) is 16.4 Å². The molecule has 0 radical (unpaired) electrons. The van der Waals surface area contributed by atoms with Gasteiger partial charge in [0.05, 0.1) is 22.4 Å². The van der Waals surface area contributed by atoms with E-state index in [4.69, 9.17) is 22.1 Å². The summed E-state index contributed by atoms with van der Waals surface area (Å²) in [6.45, 7) is 3.16. The third-order valence-electron chi connectivity index (χ3n) is 2.71. The van der Waals surface area contributed by atoms with Gasteiger partial charge in [-0.15, -0.1) is 0 Å². The summed E-state index contributed by atoms with van der Waals surface area (Å²) in [5.41, 5.74) is 7.09. The van der Waals surface area contributed by atoms with Gasteiger partial charge in [-0.3, -0.25) is 4.68 Å². The second-order valence-corrected chi connectivity index (χ2v) is 5.36. The second kappa shape index (κ2) is 6.41. The van der Waals surface area contributed by atoms with Crippen molar-refractivity contribution >= 4 is 27.5 Å². The van der Waals surface area contributed by atoms with Crippen molar-refractivity contribution in [2.45, 2.75) is 19.5 Å². The Labute approximate surface area is 125 Å². The van der Waals surface area contributed by atoms with Gasteiger partial charge in [-0.25, -0.2) is 0 Å². The lowest BCUT2D eigenvalue weighted by Crippen LogP contribution is -2.23. The van der Waals surface area contributed by atoms with E-state index in [9.17, 15) is 0 Å². The molecule has 0 saturated carbocycles. The zero-order valence-electron chi connectivity index (χ0n) is 10.5. The Morgan fingerprint density at radius 2 is 2.32 bits per heavy atom. The SMILES string of the molecule is CCn1ncc(Br)c1C(N)COc1cccc(Cl)c1. The van der Waals surface area contributed by atoms with Crippen LogP contribution in [0.3, 0.4) is 0 Å². The molecule has 1 aromatic heterocycles. The number of hydrogen-bond acceptors (Lipinski definition) is 3. The zero-order valence-corrected chi connectivity index (χ0v) is 12.9. The van der Waals surface area contributed by atoms with Crippen LogP contribution in [0.5, 0.6) is 5.75 Å². The lowest BCUT2D eigenvalue weighted by molar-refractivity contribution is 0.284. The molecule has 0 aliphatic rings. The normalized spacial score (nSPS) is 12.4. The molecule has 6 heteroatoms. The molecule has 0 bridgehead atoms. The van der Waals surface area contributed by atoms with Crippen LogP contribution in [0, 0.1) is 0 Å². The van der Waals surface area contributed by atoms with Crippen molar-refractivity contribution < 1.29 is 4.74 Å². The first-order valence-electron chi connectivity index (χ1n) is 5.97. The van der Waals surface area contributed by atoms with Crippen molar-refractivity contribution in [2.24, 2.45) is 5.73 Å². The summed E-state index contributed by atoms with van der Waals surface area (Å²) in [4.78, 5) is 0. The van der Waals surface area contributed by atoms with Crippen molar-refractivity contribution in [2.75, 3.05) is 6.61 Å². The predicted molar refractivity (Wildman–Crippen MR) is 79.5 cm³/mol. The van der Waals surface area contributed by atoms with Crippen LogP contribution >= 0.6 is 27.5 Å². The Bertz CT molecular complexity index is 559. The van der Waals surface area contributed by atoms with Crippen molar-refractivity contribution in [3.63, 3.8) is 0 Å². The van der Waals surface area contributed by atoms with Gasteiger partial charge in [-0.2, -0.15) is 5.10 Å². The van der Waals surface area contributed by atoms with Crippen molar-refractivity contribution in [1.82, 2.24) is 9.78 Å². The molecule has 0 aliphatic carbocycles. The largest absolute Gasteiger partial charge is 0.492 e. The summed E-state index contributed by atoms with van der Waals surface area (Å²) in [7, 11) is 0. The molecule has 1 unspecified atom stereocenters. The first-order chi connectivity index (χ1) is 9.11. The first-order valence-corrected chi connectivity index (χ1v) is 7.14. The van der Waals surface area contributed by atoms with Crippen molar-refractivity contribution in [1.29, 1.82) is 0 Å². The fourth-order valence-corrected chi connectivity index (χ4v) is 2.58. The Morgan fingerprint density at radius 3 is 3.00 bits per heavy atom. The standard InChI is InChI=1S/C13H15BrClN3O/c1-2-18-13(11(14)7-17-18)12(16)8-19-10-5-3-4-9(15)6-10/h3-7,12H,2,8,16H2,1H3. The average Bonchev–Trinajstić information content (AvgIpc) is 2.77. The molecule has 0 spiro atoms. The van der Waals surface area contributed by atoms with E-state index in [0.29, 0.717) is 17.4 Å². The summed E-state index contributed by atoms with van der Waals surface area (Å²) >= 11 is 9.36. The molecule has 1 aromatic carbocycles. The molecule has 0 fully saturated rings. The highest BCUT2D eigenvalue weighted by Gasteiger charge is 2.16. The number of nitrogens with zero attached hydrogens (tertiary/aromatic N) is 2. The van der Waals surface area contributed by atoms with E-state index in [1.165, 1.54) is 0 Å². The fourth-order valence-electron chi connectivity index (χ4n) is 1.81. The third-order valence-corrected chi connectivity index (χ3v) is 3.56. The Hall–Kier alpha value is -1.04. The Kier molecular flexibility index (Phi) is 4.85. The second-order valence-electron chi connectivity index (χ2n) is 4.07. The van der Waals surface area contributed by atoms with E-state index in [1.807, 2.05) is 23.7 Å². The fraction of sp³-hybridized carbons (Fsp3) is 0.308. The van der Waals surface area contributed by atoms with E-state index in [1.54, 1.807) is 18.3 Å². The van der Waals surface area contributed by atoms with Gasteiger partial charge in [0.25, 0.3) is 0 Å². The van der Waals surface area contributed by atoms with Crippen LogP contribution in [0.4, 0.5) is 0 Å². The lowest BCUT2D eigenvalue weighted by Gasteiger charge is -2.15. The molecule has 1 heterocycles. The average molecular weight is 345 g/mol. The van der Waals surface area contributed by atoms with E-state index in [2.05, 4.69) is 21.0 Å². The number of rotatable bonds is 5. The molecule has 19 heavy (non-hydrogen) atoms. The molecule has 2 aromatic rings. The summed E-state index contributed by atoms with van der Waals surface area (Å²) in [6.07, 6.45) is 1.75. The van der Waals surface area contributed by atoms with E-state index in [0.717, 1.165) is 16.7 Å². The minimum Gasteiger partial charge on any atom is -0.492 e. The van der Waals surface area contributed by atoms with Gasteiger partial charge < -0.3 is 10.5 Å². The molecule has 4 nitrogen and oxygen atoms in total. The summed E-state index contributed by atoms with van der Waals surface area (Å²) in [5, 5.41) is 4.88. The van der Waals surface area contributed by atoms with Crippen LogP contribution in [0.15, 0.2) is 34.9 Å². The number of benzene rings is 1. The monoisotopic (exact) mass is 343 g/mol. The number of halogens is 2. The van der Waals surface area contributed by atoms with Crippen molar-refractivity contribution in [3.8, 4) is 5.75 Å². The third kappa shape index (κ3) is 3.49. The topological polar surface area (TPSA) is 53.1 Å². The van der Waals surface area contributed by atoms with Gasteiger partial charge in [0, 0.05) is 11.6 Å². The molecular weight excluding hydrogens is 330 g/mol. The van der Waals surface area contributed by atoms with E-state index in [-0.39, 0.29) is 6.04 Å². The molecular formula is C13H15BrClN3O. The molecule has 2 rings (SSSR count). The van der Waals surface area contributed by atoms with Gasteiger partial charge in [-0.05, 0) is 41.1 Å². The summed E-state index contributed by atoms with van der Waals surface area (Å²) < 4.78 is 8.41. The molecule has 2 N–H and O–H groups in total. The Morgan fingerprint density at radius 1 is 1.53 bits per heavy atom. The van der Waals surface area contributed by atoms with Crippen LogP contribution < -0.4 is 10.5 Å². The van der Waals surface area contributed by atoms with Crippen LogP contribution in [0.2, 0.25) is 5.02 Å². The highest BCUT2D eigenvalue weighted by atomic mass is 79.9. The number of aryl methyl sites for hydroxylation is 1. The van der Waals surface area contributed by atoms with Crippen molar-refractivity contribution in [3.05, 3.63) is 45.7 Å². The van der Waals surface area contributed by atoms with Gasteiger partial charge >= 0.3 is 0 Å². The van der Waals surface area contributed by atoms with Gasteiger partial charge in [0.2, 0.25) is 0 Å². The minimum atomic E-state index is -0.254. The van der Waals surface area contributed by atoms with Crippen LogP contribution in [0.25, 0.3) is 0 Å². The Balaban J connectivity index is 2.05. The highest BCUT2D eigenvalue weighted by molar-refractivity contribution is 9.10. The maximum absolute atomic E-state index is 6.15. The summed E-state index contributed by atoms with van der Waals surface area (Å²) in [6, 6.07) is 7.01. The number of aromatic nitrogens is 2. The van der Waals surface area contributed by atoms with Crippen LogP contribution in [0.1, 0.15) is 18.7 Å². The van der Waals surface area contributed by atoms with Crippen LogP contribution in [-0.2, 0) is 6.54 Å². The van der Waals surface area contributed by atoms with Gasteiger partial charge in [-0.1, -0.05) is 17.7 Å². The van der Waals surface area contributed by atoms with Gasteiger partial charge in [0.1, 0.15) is 12.4 Å². The minimum absolute atomic E-state index is 0.254.